The topological polar surface area (TPSA) is 49.3 Å². The fraction of sp³-hybridized carbons (Fsp3) is 0.364. The molecule has 0 heterocycles. The summed E-state index contributed by atoms with van der Waals surface area (Å²) >= 11 is 0. The van der Waals surface area contributed by atoms with Gasteiger partial charge in [0.2, 0.25) is 0 Å². The van der Waals surface area contributed by atoms with Crippen LogP contribution in [0.5, 0.6) is 0 Å². The Balaban J connectivity index is 3.21. The molecule has 1 rings (SSSR count). The van der Waals surface area contributed by atoms with Gasteiger partial charge >= 0.3 is 5.97 Å². The molecule has 1 aromatic carbocycles. The standard InChI is InChI=1S/C11H11F4NO2/c1-4(2)9(11(17)18)16-10-7(14)5(12)3-6(13)8(10)15/h3-4,9,16H,1-2H3,(H,17,18). The predicted octanol–water partition coefficient (Wildman–Crippen LogP) is 2.76. The summed E-state index contributed by atoms with van der Waals surface area (Å²) in [7, 11) is 0. The smallest absolute Gasteiger partial charge is 0.326 e. The lowest BCUT2D eigenvalue weighted by molar-refractivity contribution is -0.138. The average Bonchev–Trinajstić information content (AvgIpc) is 2.25. The van der Waals surface area contributed by atoms with E-state index in [1.54, 1.807) is 0 Å². The van der Waals surface area contributed by atoms with Gasteiger partial charge in [0.15, 0.2) is 23.3 Å². The first kappa shape index (κ1) is 14.3. The van der Waals surface area contributed by atoms with Gasteiger partial charge in [-0.15, -0.1) is 0 Å². The number of carboxylic acid groups (broad SMARTS) is 1. The van der Waals surface area contributed by atoms with E-state index in [9.17, 15) is 22.4 Å². The van der Waals surface area contributed by atoms with Crippen LogP contribution in [0.25, 0.3) is 0 Å². The second-order valence-corrected chi connectivity index (χ2v) is 4.05. The van der Waals surface area contributed by atoms with E-state index in [1.807, 2.05) is 5.32 Å². The van der Waals surface area contributed by atoms with Crippen LogP contribution in [0, 0.1) is 29.2 Å². The Morgan fingerprint density at radius 1 is 1.17 bits per heavy atom. The van der Waals surface area contributed by atoms with Crippen molar-refractivity contribution in [2.45, 2.75) is 19.9 Å². The number of aliphatic carboxylic acids is 1. The normalized spacial score (nSPS) is 12.6. The molecule has 0 amide bonds. The van der Waals surface area contributed by atoms with E-state index >= 15 is 0 Å². The minimum Gasteiger partial charge on any atom is -0.480 e. The van der Waals surface area contributed by atoms with E-state index in [1.165, 1.54) is 13.8 Å². The molecule has 100 valence electrons. The van der Waals surface area contributed by atoms with Gasteiger partial charge in [-0.3, -0.25) is 0 Å². The number of halogens is 4. The van der Waals surface area contributed by atoms with Crippen molar-refractivity contribution in [3.8, 4) is 0 Å². The molecule has 0 aromatic heterocycles. The lowest BCUT2D eigenvalue weighted by Gasteiger charge is -2.20. The van der Waals surface area contributed by atoms with Gasteiger partial charge < -0.3 is 10.4 Å². The Morgan fingerprint density at radius 2 is 1.61 bits per heavy atom. The summed E-state index contributed by atoms with van der Waals surface area (Å²) in [6, 6.07) is -1.31. The Labute approximate surface area is 100 Å². The molecule has 2 N–H and O–H groups in total. The van der Waals surface area contributed by atoms with E-state index in [0.717, 1.165) is 0 Å². The van der Waals surface area contributed by atoms with Crippen molar-refractivity contribution in [1.82, 2.24) is 0 Å². The van der Waals surface area contributed by atoms with E-state index in [2.05, 4.69) is 0 Å². The van der Waals surface area contributed by atoms with Crippen LogP contribution in [0.3, 0.4) is 0 Å². The van der Waals surface area contributed by atoms with Gasteiger partial charge in [-0.25, -0.2) is 22.4 Å². The van der Waals surface area contributed by atoms with E-state index in [4.69, 9.17) is 5.11 Å². The second kappa shape index (κ2) is 5.24. The molecule has 7 heteroatoms. The molecular weight excluding hydrogens is 254 g/mol. The molecule has 0 saturated carbocycles. The predicted molar refractivity (Wildman–Crippen MR) is 56.2 cm³/mol. The van der Waals surface area contributed by atoms with Crippen LogP contribution in [0.4, 0.5) is 23.2 Å². The molecule has 0 spiro atoms. The number of carbonyl (C=O) groups is 1. The van der Waals surface area contributed by atoms with E-state index < -0.39 is 46.9 Å². The highest BCUT2D eigenvalue weighted by Gasteiger charge is 2.26. The number of benzene rings is 1. The van der Waals surface area contributed by atoms with Crippen LogP contribution < -0.4 is 5.32 Å². The lowest BCUT2D eigenvalue weighted by Crippen LogP contribution is -2.35. The highest BCUT2D eigenvalue weighted by molar-refractivity contribution is 5.77. The van der Waals surface area contributed by atoms with Crippen molar-refractivity contribution >= 4 is 11.7 Å². The van der Waals surface area contributed by atoms with Crippen molar-refractivity contribution in [1.29, 1.82) is 0 Å². The fourth-order valence-electron chi connectivity index (χ4n) is 1.37. The number of rotatable bonds is 4. The van der Waals surface area contributed by atoms with Gasteiger partial charge in [0.1, 0.15) is 11.7 Å². The number of hydrogen-bond acceptors (Lipinski definition) is 2. The van der Waals surface area contributed by atoms with E-state index in [-0.39, 0.29) is 6.07 Å². The highest BCUT2D eigenvalue weighted by Crippen LogP contribution is 2.25. The van der Waals surface area contributed by atoms with Crippen molar-refractivity contribution in [3.63, 3.8) is 0 Å². The summed E-state index contributed by atoms with van der Waals surface area (Å²) in [5, 5.41) is 10.8. The maximum atomic E-state index is 13.3. The van der Waals surface area contributed by atoms with Gasteiger partial charge in [-0.05, 0) is 5.92 Å². The summed E-state index contributed by atoms with van der Waals surface area (Å²) in [4.78, 5) is 10.8. The third kappa shape index (κ3) is 2.72. The van der Waals surface area contributed by atoms with Crippen LogP contribution in [0.15, 0.2) is 6.07 Å². The van der Waals surface area contributed by atoms with Crippen LogP contribution in [-0.2, 0) is 4.79 Å². The molecule has 0 aliphatic carbocycles. The summed E-state index contributed by atoms with van der Waals surface area (Å²) in [5.41, 5.74) is -1.12. The molecule has 0 saturated heterocycles. The summed E-state index contributed by atoms with van der Waals surface area (Å²) in [6.07, 6.45) is 0. The molecule has 3 nitrogen and oxygen atoms in total. The van der Waals surface area contributed by atoms with Gasteiger partial charge in [0.05, 0.1) is 0 Å². The molecule has 0 aliphatic heterocycles. The Hall–Kier alpha value is -1.79. The van der Waals surface area contributed by atoms with Crippen LogP contribution >= 0.6 is 0 Å². The monoisotopic (exact) mass is 265 g/mol. The first-order valence-electron chi connectivity index (χ1n) is 5.08. The number of carboxylic acids is 1. The van der Waals surface area contributed by atoms with Crippen molar-refractivity contribution in [3.05, 3.63) is 29.3 Å². The zero-order valence-electron chi connectivity index (χ0n) is 9.60. The molecule has 0 bridgehead atoms. The van der Waals surface area contributed by atoms with Crippen LogP contribution in [-0.4, -0.2) is 17.1 Å². The van der Waals surface area contributed by atoms with Crippen molar-refractivity contribution in [2.24, 2.45) is 5.92 Å². The van der Waals surface area contributed by atoms with Gasteiger partial charge in [0, 0.05) is 6.07 Å². The Bertz CT molecular complexity index is 450. The maximum absolute atomic E-state index is 13.3. The quantitative estimate of drug-likeness (QED) is 0.650. The van der Waals surface area contributed by atoms with Gasteiger partial charge in [-0.2, -0.15) is 0 Å². The molecular formula is C11H11F4NO2. The first-order valence-corrected chi connectivity index (χ1v) is 5.08. The first-order chi connectivity index (χ1) is 8.25. The van der Waals surface area contributed by atoms with Crippen LogP contribution in [0.1, 0.15) is 13.8 Å². The average molecular weight is 265 g/mol. The molecule has 1 atom stereocenters. The SMILES string of the molecule is CC(C)C(Nc1c(F)c(F)cc(F)c1F)C(=O)O. The molecule has 0 radical (unpaired) electrons. The Morgan fingerprint density at radius 3 is 1.94 bits per heavy atom. The number of hydrogen-bond donors (Lipinski definition) is 2. The number of nitrogens with one attached hydrogen (secondary N) is 1. The summed E-state index contributed by atoms with van der Waals surface area (Å²) in [6.45, 7) is 2.97. The zero-order valence-corrected chi connectivity index (χ0v) is 9.60. The number of anilines is 1. The maximum Gasteiger partial charge on any atom is 0.326 e. The third-order valence-electron chi connectivity index (χ3n) is 2.34. The fourth-order valence-corrected chi connectivity index (χ4v) is 1.37. The highest BCUT2D eigenvalue weighted by atomic mass is 19.2. The molecule has 1 unspecified atom stereocenters. The largest absolute Gasteiger partial charge is 0.480 e. The molecule has 1 aromatic rings. The minimum absolute atomic E-state index is 0.0565. The van der Waals surface area contributed by atoms with Gasteiger partial charge in [0.25, 0.3) is 0 Å². The van der Waals surface area contributed by atoms with Crippen LogP contribution in [0.2, 0.25) is 0 Å². The zero-order chi connectivity index (χ0) is 14.0. The summed E-state index contributed by atoms with van der Waals surface area (Å²) < 4.78 is 52.4. The minimum atomic E-state index is -1.65. The Kier molecular flexibility index (Phi) is 4.15. The van der Waals surface area contributed by atoms with Gasteiger partial charge in [-0.1, -0.05) is 13.8 Å². The lowest BCUT2D eigenvalue weighted by atomic mass is 10.0. The van der Waals surface area contributed by atoms with E-state index in [0.29, 0.717) is 0 Å². The molecule has 18 heavy (non-hydrogen) atoms. The second-order valence-electron chi connectivity index (χ2n) is 4.05. The van der Waals surface area contributed by atoms with Crippen molar-refractivity contribution < 1.29 is 27.5 Å². The third-order valence-corrected chi connectivity index (χ3v) is 2.34. The van der Waals surface area contributed by atoms with Crippen molar-refractivity contribution in [2.75, 3.05) is 5.32 Å². The summed E-state index contributed by atoms with van der Waals surface area (Å²) in [5.74, 6) is -8.41. The molecule has 0 aliphatic rings. The molecule has 0 fully saturated rings.